The molecule has 0 amide bonds. The fourth-order valence-corrected chi connectivity index (χ4v) is 5.34. The van der Waals surface area contributed by atoms with E-state index in [2.05, 4.69) is 77.4 Å². The van der Waals surface area contributed by atoms with E-state index in [1.807, 2.05) is 42.5 Å². The Hall–Kier alpha value is -4.96. The highest BCUT2D eigenvalue weighted by Gasteiger charge is 2.21. The first kappa shape index (κ1) is 19.4. The number of para-hydroxylation sites is 2. The first-order valence-corrected chi connectivity index (χ1v) is 12.0. The molecule has 0 unspecified atom stereocenters. The standard InChI is InChI=1S/C32H19N3O/c1-2-10-20(11-3-1)29-31(34-32-30(33-29)24-15-7-9-17-28(24)36-32)35-26-16-8-6-14-23(26)25-18-21-12-4-5-13-22(21)19-27(25)35/h1-19H. The molecule has 0 spiro atoms. The molecule has 3 heterocycles. The predicted octanol–water partition coefficient (Wildman–Crippen LogP) is 8.29. The molecule has 0 aliphatic rings. The van der Waals surface area contributed by atoms with Crippen molar-refractivity contribution in [1.82, 2.24) is 14.5 Å². The average Bonchev–Trinajstić information content (AvgIpc) is 3.46. The van der Waals surface area contributed by atoms with Crippen LogP contribution in [0.3, 0.4) is 0 Å². The first-order chi connectivity index (χ1) is 17.8. The zero-order chi connectivity index (χ0) is 23.6. The lowest BCUT2D eigenvalue weighted by Gasteiger charge is -2.12. The summed E-state index contributed by atoms with van der Waals surface area (Å²) in [5.41, 5.74) is 6.12. The molecule has 0 fully saturated rings. The Morgan fingerprint density at radius 2 is 1.25 bits per heavy atom. The molecular formula is C32H19N3O. The summed E-state index contributed by atoms with van der Waals surface area (Å²) in [6, 6.07) is 39.8. The van der Waals surface area contributed by atoms with Crippen molar-refractivity contribution in [1.29, 1.82) is 0 Å². The quantitative estimate of drug-likeness (QED) is 0.260. The molecule has 0 atom stereocenters. The van der Waals surface area contributed by atoms with E-state index in [0.717, 1.165) is 44.6 Å². The van der Waals surface area contributed by atoms with Crippen LogP contribution in [-0.4, -0.2) is 14.5 Å². The van der Waals surface area contributed by atoms with Gasteiger partial charge in [-0.05, 0) is 41.1 Å². The number of furan rings is 1. The normalized spacial score (nSPS) is 11.9. The molecule has 8 aromatic rings. The van der Waals surface area contributed by atoms with Crippen molar-refractivity contribution in [3.8, 4) is 17.1 Å². The third kappa shape index (κ3) is 2.70. The Bertz CT molecular complexity index is 2100. The van der Waals surface area contributed by atoms with Crippen LogP contribution in [0.5, 0.6) is 0 Å². The molecule has 5 aromatic carbocycles. The third-order valence-corrected chi connectivity index (χ3v) is 6.99. The van der Waals surface area contributed by atoms with Crippen molar-refractivity contribution in [3.63, 3.8) is 0 Å². The van der Waals surface area contributed by atoms with Crippen LogP contribution in [0.1, 0.15) is 0 Å². The van der Waals surface area contributed by atoms with Gasteiger partial charge in [0.05, 0.1) is 11.0 Å². The van der Waals surface area contributed by atoms with E-state index in [-0.39, 0.29) is 0 Å². The van der Waals surface area contributed by atoms with E-state index in [1.54, 1.807) is 0 Å². The molecule has 0 N–H and O–H groups in total. The lowest BCUT2D eigenvalue weighted by molar-refractivity contribution is 0.652. The summed E-state index contributed by atoms with van der Waals surface area (Å²) >= 11 is 0. The second-order valence-corrected chi connectivity index (χ2v) is 9.08. The molecule has 4 nitrogen and oxygen atoms in total. The Kier molecular flexibility index (Phi) is 3.91. The number of benzene rings is 5. The van der Waals surface area contributed by atoms with Gasteiger partial charge >= 0.3 is 0 Å². The fraction of sp³-hybridized carbons (Fsp3) is 0. The SMILES string of the molecule is c1ccc(-c2nc3c(nc2-n2c4ccccc4c4cc5ccccc5cc42)oc2ccccc23)cc1. The van der Waals surface area contributed by atoms with Crippen molar-refractivity contribution >= 4 is 54.8 Å². The van der Waals surface area contributed by atoms with E-state index in [0.29, 0.717) is 5.71 Å². The molecule has 3 aromatic heterocycles. The Balaban J connectivity index is 1.57. The van der Waals surface area contributed by atoms with Crippen LogP contribution >= 0.6 is 0 Å². The van der Waals surface area contributed by atoms with Gasteiger partial charge in [0, 0.05) is 21.7 Å². The highest BCUT2D eigenvalue weighted by atomic mass is 16.3. The van der Waals surface area contributed by atoms with Crippen molar-refractivity contribution in [2.45, 2.75) is 0 Å². The topological polar surface area (TPSA) is 43.9 Å². The maximum atomic E-state index is 6.19. The third-order valence-electron chi connectivity index (χ3n) is 6.99. The summed E-state index contributed by atoms with van der Waals surface area (Å²) in [7, 11) is 0. The second kappa shape index (κ2) is 7.27. The zero-order valence-electron chi connectivity index (χ0n) is 19.2. The van der Waals surface area contributed by atoms with Gasteiger partial charge in [-0.3, -0.25) is 4.57 Å². The van der Waals surface area contributed by atoms with E-state index in [1.165, 1.54) is 21.5 Å². The van der Waals surface area contributed by atoms with E-state index in [4.69, 9.17) is 14.4 Å². The molecular weight excluding hydrogens is 442 g/mol. The van der Waals surface area contributed by atoms with Gasteiger partial charge in [-0.15, -0.1) is 0 Å². The molecule has 36 heavy (non-hydrogen) atoms. The van der Waals surface area contributed by atoms with Crippen molar-refractivity contribution in [3.05, 3.63) is 115 Å². The van der Waals surface area contributed by atoms with Gasteiger partial charge in [0.15, 0.2) is 5.82 Å². The highest BCUT2D eigenvalue weighted by Crippen LogP contribution is 2.38. The van der Waals surface area contributed by atoms with Crippen molar-refractivity contribution < 1.29 is 4.42 Å². The summed E-state index contributed by atoms with van der Waals surface area (Å²) in [6.45, 7) is 0. The molecule has 168 valence electrons. The van der Waals surface area contributed by atoms with Crippen LogP contribution in [0.2, 0.25) is 0 Å². The van der Waals surface area contributed by atoms with Crippen LogP contribution in [0.4, 0.5) is 0 Å². The van der Waals surface area contributed by atoms with Crippen molar-refractivity contribution in [2.24, 2.45) is 0 Å². The Labute approximate surface area is 206 Å². The van der Waals surface area contributed by atoms with Gasteiger partial charge in [-0.1, -0.05) is 84.9 Å². The number of fused-ring (bicyclic) bond motifs is 7. The lowest BCUT2D eigenvalue weighted by atomic mass is 10.1. The molecule has 0 aliphatic heterocycles. The first-order valence-electron chi connectivity index (χ1n) is 12.0. The van der Waals surface area contributed by atoms with Crippen LogP contribution in [0, 0.1) is 0 Å². The molecule has 0 saturated carbocycles. The molecule has 0 radical (unpaired) electrons. The maximum Gasteiger partial charge on any atom is 0.248 e. The second-order valence-electron chi connectivity index (χ2n) is 9.08. The van der Waals surface area contributed by atoms with E-state index >= 15 is 0 Å². The smallest absolute Gasteiger partial charge is 0.248 e. The predicted molar refractivity (Wildman–Crippen MR) is 147 cm³/mol. The van der Waals surface area contributed by atoms with Crippen molar-refractivity contribution in [2.75, 3.05) is 0 Å². The molecule has 0 bridgehead atoms. The van der Waals surface area contributed by atoms with Gasteiger partial charge in [-0.25, -0.2) is 4.98 Å². The minimum absolute atomic E-state index is 0.539. The number of aromatic nitrogens is 3. The summed E-state index contributed by atoms with van der Waals surface area (Å²) in [5.74, 6) is 0.759. The zero-order valence-corrected chi connectivity index (χ0v) is 19.2. The number of hydrogen-bond acceptors (Lipinski definition) is 3. The summed E-state index contributed by atoms with van der Waals surface area (Å²) in [4.78, 5) is 10.3. The molecule has 8 rings (SSSR count). The van der Waals surface area contributed by atoms with Gasteiger partial charge in [0.25, 0.3) is 0 Å². The highest BCUT2D eigenvalue weighted by molar-refractivity contribution is 6.14. The number of rotatable bonds is 2. The monoisotopic (exact) mass is 461 g/mol. The summed E-state index contributed by atoms with van der Waals surface area (Å²) < 4.78 is 8.42. The van der Waals surface area contributed by atoms with E-state index in [9.17, 15) is 0 Å². The van der Waals surface area contributed by atoms with Gasteiger partial charge in [0.1, 0.15) is 16.8 Å². The van der Waals surface area contributed by atoms with Crippen LogP contribution < -0.4 is 0 Å². The van der Waals surface area contributed by atoms with Gasteiger partial charge in [0.2, 0.25) is 5.71 Å². The average molecular weight is 462 g/mol. The molecule has 0 aliphatic carbocycles. The minimum atomic E-state index is 0.539. The summed E-state index contributed by atoms with van der Waals surface area (Å²) in [5, 5.41) is 5.75. The van der Waals surface area contributed by atoms with Crippen LogP contribution in [0.15, 0.2) is 120 Å². The Morgan fingerprint density at radius 3 is 2.11 bits per heavy atom. The summed E-state index contributed by atoms with van der Waals surface area (Å²) in [6.07, 6.45) is 0. The lowest BCUT2D eigenvalue weighted by Crippen LogP contribution is -2.03. The van der Waals surface area contributed by atoms with E-state index < -0.39 is 0 Å². The molecule has 4 heteroatoms. The Morgan fingerprint density at radius 1 is 0.556 bits per heavy atom. The van der Waals surface area contributed by atoms with Gasteiger partial charge < -0.3 is 4.42 Å². The number of nitrogens with zero attached hydrogens (tertiary/aromatic N) is 3. The maximum absolute atomic E-state index is 6.19. The molecule has 0 saturated heterocycles. The van der Waals surface area contributed by atoms with Crippen LogP contribution in [-0.2, 0) is 0 Å². The van der Waals surface area contributed by atoms with Crippen LogP contribution in [0.25, 0.3) is 71.9 Å². The minimum Gasteiger partial charge on any atom is -0.436 e. The van der Waals surface area contributed by atoms with Gasteiger partial charge in [-0.2, -0.15) is 4.98 Å². The number of hydrogen-bond donors (Lipinski definition) is 0. The largest absolute Gasteiger partial charge is 0.436 e. The fourth-order valence-electron chi connectivity index (χ4n) is 5.34.